The SMILES string of the molecule is COC(=O)CC(NC(=O)C(CC(C)C)OS(C)(=O)=O)c1cccc(-c2ccccc2C)c1. The molecule has 8 heteroatoms. The van der Waals surface area contributed by atoms with E-state index in [0.717, 1.165) is 22.9 Å². The summed E-state index contributed by atoms with van der Waals surface area (Å²) >= 11 is 0. The van der Waals surface area contributed by atoms with Crippen molar-refractivity contribution in [2.75, 3.05) is 13.4 Å². The zero-order chi connectivity index (χ0) is 23.9. The Morgan fingerprint density at radius 1 is 1.06 bits per heavy atom. The van der Waals surface area contributed by atoms with Crippen LogP contribution in [-0.2, 0) is 28.6 Å². The molecule has 0 aromatic heterocycles. The Balaban J connectivity index is 2.37. The average molecular weight is 462 g/mol. The van der Waals surface area contributed by atoms with Crippen LogP contribution >= 0.6 is 0 Å². The van der Waals surface area contributed by atoms with E-state index in [4.69, 9.17) is 8.92 Å². The molecule has 0 fully saturated rings. The molecule has 174 valence electrons. The average Bonchev–Trinajstić information content (AvgIpc) is 2.71. The highest BCUT2D eigenvalue weighted by Gasteiger charge is 2.28. The Kier molecular flexibility index (Phi) is 8.98. The molecule has 0 saturated carbocycles. The maximum Gasteiger partial charge on any atom is 0.307 e. The van der Waals surface area contributed by atoms with E-state index in [1.54, 1.807) is 0 Å². The van der Waals surface area contributed by atoms with Crippen LogP contribution < -0.4 is 5.32 Å². The number of ether oxygens (including phenoxy) is 1. The molecule has 0 aliphatic carbocycles. The van der Waals surface area contributed by atoms with Crippen LogP contribution in [0.2, 0.25) is 0 Å². The lowest BCUT2D eigenvalue weighted by atomic mass is 9.95. The maximum absolute atomic E-state index is 13.0. The van der Waals surface area contributed by atoms with Gasteiger partial charge < -0.3 is 10.1 Å². The number of methoxy groups -OCH3 is 1. The van der Waals surface area contributed by atoms with Crippen molar-refractivity contribution >= 4 is 22.0 Å². The van der Waals surface area contributed by atoms with E-state index in [2.05, 4.69) is 5.32 Å². The zero-order valence-electron chi connectivity index (χ0n) is 19.1. The molecule has 0 spiro atoms. The predicted octanol–water partition coefficient (Wildman–Crippen LogP) is 3.77. The fraction of sp³-hybridized carbons (Fsp3) is 0.417. The molecular weight excluding hydrogens is 430 g/mol. The van der Waals surface area contributed by atoms with E-state index in [1.807, 2.05) is 69.3 Å². The standard InChI is InChI=1S/C24H31NO6S/c1-16(2)13-22(31-32(5,28)29)24(27)25-21(15-23(26)30-4)19-11-8-10-18(14-19)20-12-7-6-9-17(20)3/h6-12,14,16,21-22H,13,15H2,1-5H3,(H,25,27). The Morgan fingerprint density at radius 2 is 1.75 bits per heavy atom. The van der Waals surface area contributed by atoms with Crippen molar-refractivity contribution in [3.63, 3.8) is 0 Å². The van der Waals surface area contributed by atoms with Gasteiger partial charge in [0.25, 0.3) is 16.0 Å². The number of nitrogens with one attached hydrogen (secondary N) is 1. The van der Waals surface area contributed by atoms with Crippen LogP contribution in [0, 0.1) is 12.8 Å². The molecule has 0 bridgehead atoms. The molecule has 2 rings (SSSR count). The van der Waals surface area contributed by atoms with E-state index in [1.165, 1.54) is 7.11 Å². The number of rotatable bonds is 10. The molecule has 2 atom stereocenters. The topological polar surface area (TPSA) is 98.8 Å². The highest BCUT2D eigenvalue weighted by atomic mass is 32.2. The molecule has 2 aromatic rings. The van der Waals surface area contributed by atoms with Crippen molar-refractivity contribution < 1.29 is 26.9 Å². The molecule has 0 saturated heterocycles. The van der Waals surface area contributed by atoms with Gasteiger partial charge in [0, 0.05) is 0 Å². The summed E-state index contributed by atoms with van der Waals surface area (Å²) < 4.78 is 33.2. The molecule has 2 unspecified atom stereocenters. The Bertz CT molecular complexity index is 1050. The van der Waals surface area contributed by atoms with Crippen molar-refractivity contribution in [1.82, 2.24) is 5.32 Å². The lowest BCUT2D eigenvalue weighted by Gasteiger charge is -2.23. The van der Waals surface area contributed by atoms with Crippen LogP contribution in [0.5, 0.6) is 0 Å². The molecule has 0 aliphatic rings. The normalized spacial score (nSPS) is 13.4. The van der Waals surface area contributed by atoms with Crippen LogP contribution in [0.1, 0.15) is 43.9 Å². The number of amides is 1. The lowest BCUT2D eigenvalue weighted by Crippen LogP contribution is -2.41. The van der Waals surface area contributed by atoms with Crippen molar-refractivity contribution in [2.24, 2.45) is 5.92 Å². The molecule has 1 N–H and O–H groups in total. The third-order valence-corrected chi connectivity index (χ3v) is 5.51. The van der Waals surface area contributed by atoms with E-state index >= 15 is 0 Å². The molecule has 0 radical (unpaired) electrons. The Morgan fingerprint density at radius 3 is 2.34 bits per heavy atom. The third-order valence-electron chi connectivity index (χ3n) is 4.93. The summed E-state index contributed by atoms with van der Waals surface area (Å²) in [5.41, 5.74) is 3.77. The number of benzene rings is 2. The van der Waals surface area contributed by atoms with Crippen molar-refractivity contribution in [3.8, 4) is 11.1 Å². The molecule has 0 aliphatic heterocycles. The highest BCUT2D eigenvalue weighted by molar-refractivity contribution is 7.86. The molecule has 7 nitrogen and oxygen atoms in total. The fourth-order valence-corrected chi connectivity index (χ4v) is 4.00. The molecule has 2 aromatic carbocycles. The van der Waals surface area contributed by atoms with Crippen molar-refractivity contribution in [3.05, 3.63) is 59.7 Å². The van der Waals surface area contributed by atoms with Gasteiger partial charge in [-0.1, -0.05) is 56.3 Å². The Labute approximate surface area is 190 Å². The number of esters is 1. The van der Waals surface area contributed by atoms with E-state index in [-0.39, 0.29) is 18.8 Å². The summed E-state index contributed by atoms with van der Waals surface area (Å²) in [7, 11) is -2.57. The summed E-state index contributed by atoms with van der Waals surface area (Å²) in [5, 5.41) is 2.79. The first kappa shape index (κ1) is 25.5. The van der Waals surface area contributed by atoms with Gasteiger partial charge >= 0.3 is 5.97 Å². The second-order valence-electron chi connectivity index (χ2n) is 8.20. The minimum absolute atomic E-state index is 0.0240. The Hall–Kier alpha value is -2.71. The highest BCUT2D eigenvalue weighted by Crippen LogP contribution is 2.27. The summed E-state index contributed by atoms with van der Waals surface area (Å²) in [6, 6.07) is 14.7. The van der Waals surface area contributed by atoms with Crippen LogP contribution in [0.3, 0.4) is 0 Å². The molecule has 0 heterocycles. The van der Waals surface area contributed by atoms with Gasteiger partial charge in [0.15, 0.2) is 6.10 Å². The lowest BCUT2D eigenvalue weighted by molar-refractivity contribution is -0.141. The number of hydrogen-bond acceptors (Lipinski definition) is 6. The van der Waals surface area contributed by atoms with Gasteiger partial charge in [0.05, 0.1) is 25.8 Å². The van der Waals surface area contributed by atoms with E-state index in [9.17, 15) is 18.0 Å². The van der Waals surface area contributed by atoms with Gasteiger partial charge in [0.1, 0.15) is 0 Å². The maximum atomic E-state index is 13.0. The third kappa shape index (κ3) is 7.76. The number of aryl methyl sites for hydroxylation is 1. The van der Waals surface area contributed by atoms with Gasteiger partial charge in [-0.3, -0.25) is 13.8 Å². The van der Waals surface area contributed by atoms with Gasteiger partial charge in [-0.2, -0.15) is 8.42 Å². The van der Waals surface area contributed by atoms with Gasteiger partial charge in [-0.05, 0) is 47.6 Å². The smallest absolute Gasteiger partial charge is 0.307 e. The first-order valence-electron chi connectivity index (χ1n) is 10.4. The monoisotopic (exact) mass is 461 g/mol. The predicted molar refractivity (Wildman–Crippen MR) is 123 cm³/mol. The second-order valence-corrected chi connectivity index (χ2v) is 9.80. The van der Waals surface area contributed by atoms with Crippen LogP contribution in [-0.4, -0.2) is 39.8 Å². The summed E-state index contributed by atoms with van der Waals surface area (Å²) in [6.07, 6.45) is -0.171. The minimum Gasteiger partial charge on any atom is -0.469 e. The first-order chi connectivity index (χ1) is 15.0. The van der Waals surface area contributed by atoms with Gasteiger partial charge in [-0.15, -0.1) is 0 Å². The van der Waals surface area contributed by atoms with Crippen LogP contribution in [0.15, 0.2) is 48.5 Å². The first-order valence-corrected chi connectivity index (χ1v) is 12.2. The van der Waals surface area contributed by atoms with Crippen LogP contribution in [0.4, 0.5) is 0 Å². The largest absolute Gasteiger partial charge is 0.469 e. The van der Waals surface area contributed by atoms with Crippen molar-refractivity contribution in [1.29, 1.82) is 0 Å². The molecular formula is C24H31NO6S. The summed E-state index contributed by atoms with van der Waals surface area (Å²) in [5.74, 6) is -1.07. The summed E-state index contributed by atoms with van der Waals surface area (Å²) in [6.45, 7) is 5.74. The minimum atomic E-state index is -3.84. The van der Waals surface area contributed by atoms with Crippen LogP contribution in [0.25, 0.3) is 11.1 Å². The van der Waals surface area contributed by atoms with Crippen molar-refractivity contribution in [2.45, 2.75) is 45.8 Å². The molecule has 1 amide bonds. The number of carbonyl (C=O) groups excluding carboxylic acids is 2. The van der Waals surface area contributed by atoms with Gasteiger partial charge in [0.2, 0.25) is 0 Å². The quantitative estimate of drug-likeness (QED) is 0.427. The van der Waals surface area contributed by atoms with E-state index in [0.29, 0.717) is 5.56 Å². The second kappa shape index (κ2) is 11.2. The zero-order valence-corrected chi connectivity index (χ0v) is 19.9. The number of hydrogen-bond donors (Lipinski definition) is 1. The fourth-order valence-electron chi connectivity index (χ4n) is 3.42. The van der Waals surface area contributed by atoms with E-state index < -0.39 is 34.1 Å². The van der Waals surface area contributed by atoms with Gasteiger partial charge in [-0.25, -0.2) is 0 Å². The summed E-state index contributed by atoms with van der Waals surface area (Å²) in [4.78, 5) is 25.0. The molecule has 32 heavy (non-hydrogen) atoms. The number of carbonyl (C=O) groups is 2.